The highest BCUT2D eigenvalue weighted by Gasteiger charge is 2.19. The molecule has 1 rings (SSSR count). The van der Waals surface area contributed by atoms with Crippen LogP contribution in [0.5, 0.6) is 0 Å². The Morgan fingerprint density at radius 3 is 2.63 bits per heavy atom. The van der Waals surface area contributed by atoms with Gasteiger partial charge in [0.2, 0.25) is 10.0 Å². The topological polar surface area (TPSA) is 63.2 Å². The van der Waals surface area contributed by atoms with E-state index >= 15 is 0 Å². The number of benzene rings is 1. The van der Waals surface area contributed by atoms with Crippen LogP contribution < -0.4 is 4.72 Å². The molecule has 1 N–H and O–H groups in total. The Morgan fingerprint density at radius 1 is 1.47 bits per heavy atom. The molecule has 1 aromatic carbocycles. The highest BCUT2D eigenvalue weighted by molar-refractivity contribution is 9.10. The van der Waals surface area contributed by atoms with Crippen LogP contribution in [-0.2, 0) is 20.8 Å². The standard InChI is InChI=1S/C11H15BrFNO3S2/c1-8(18(2)15)5-6-14-19(16,17)11-4-3-9(12)7-10(11)13/h3-4,7-8,14H,5-6H2,1-2H3. The van der Waals surface area contributed by atoms with Gasteiger partial charge in [0.1, 0.15) is 10.7 Å². The van der Waals surface area contributed by atoms with Gasteiger partial charge < -0.3 is 0 Å². The maximum absolute atomic E-state index is 13.6. The molecule has 8 heteroatoms. The molecule has 0 amide bonds. The summed E-state index contributed by atoms with van der Waals surface area (Å²) in [5, 5.41) is -0.113. The first-order chi connectivity index (χ1) is 8.74. The van der Waals surface area contributed by atoms with E-state index < -0.39 is 26.6 Å². The number of halogens is 2. The lowest BCUT2D eigenvalue weighted by Crippen LogP contribution is -2.28. The van der Waals surface area contributed by atoms with Gasteiger partial charge in [-0.1, -0.05) is 22.9 Å². The van der Waals surface area contributed by atoms with Gasteiger partial charge in [0.15, 0.2) is 0 Å². The van der Waals surface area contributed by atoms with Crippen LogP contribution in [0.3, 0.4) is 0 Å². The Balaban J connectivity index is 2.74. The van der Waals surface area contributed by atoms with Crippen LogP contribution >= 0.6 is 15.9 Å². The van der Waals surface area contributed by atoms with Gasteiger partial charge >= 0.3 is 0 Å². The smallest absolute Gasteiger partial charge is 0.243 e. The molecule has 0 saturated carbocycles. The van der Waals surface area contributed by atoms with E-state index in [0.29, 0.717) is 10.9 Å². The van der Waals surface area contributed by atoms with Crippen LogP contribution in [0, 0.1) is 5.82 Å². The molecule has 0 spiro atoms. The van der Waals surface area contributed by atoms with Crippen molar-refractivity contribution in [3.05, 3.63) is 28.5 Å². The molecule has 0 aliphatic carbocycles. The Kier molecular flexibility index (Phi) is 6.10. The molecule has 4 nitrogen and oxygen atoms in total. The molecule has 0 aromatic heterocycles. The molecule has 0 radical (unpaired) electrons. The van der Waals surface area contributed by atoms with E-state index in [-0.39, 0.29) is 16.7 Å². The predicted octanol–water partition coefficient (Wildman–Crippen LogP) is 2.02. The Hall–Kier alpha value is -0.310. The van der Waals surface area contributed by atoms with Crippen molar-refractivity contribution in [2.24, 2.45) is 0 Å². The number of hydrogen-bond donors (Lipinski definition) is 1. The van der Waals surface area contributed by atoms with Crippen LogP contribution in [-0.4, -0.2) is 30.7 Å². The molecule has 0 aliphatic rings. The molecule has 0 bridgehead atoms. The molecule has 0 heterocycles. The summed E-state index contributed by atoms with van der Waals surface area (Å²) in [5.41, 5.74) is 0. The summed E-state index contributed by atoms with van der Waals surface area (Å²) in [6, 6.07) is 3.75. The zero-order chi connectivity index (χ0) is 14.6. The lowest BCUT2D eigenvalue weighted by atomic mass is 10.3. The van der Waals surface area contributed by atoms with Gasteiger partial charge in [-0.05, 0) is 24.6 Å². The minimum absolute atomic E-state index is 0.113. The van der Waals surface area contributed by atoms with E-state index in [4.69, 9.17) is 0 Å². The van der Waals surface area contributed by atoms with Gasteiger partial charge in [0.25, 0.3) is 0 Å². The van der Waals surface area contributed by atoms with Gasteiger partial charge in [-0.15, -0.1) is 0 Å². The van der Waals surface area contributed by atoms with E-state index in [1.165, 1.54) is 12.1 Å². The van der Waals surface area contributed by atoms with Crippen LogP contribution in [0.25, 0.3) is 0 Å². The van der Waals surface area contributed by atoms with Crippen LogP contribution in [0.15, 0.2) is 27.6 Å². The second-order valence-electron chi connectivity index (χ2n) is 4.07. The number of nitrogens with one attached hydrogen (secondary N) is 1. The van der Waals surface area contributed by atoms with Gasteiger partial charge in [-0.2, -0.15) is 0 Å². The molecule has 0 saturated heterocycles. The Morgan fingerprint density at radius 2 is 2.11 bits per heavy atom. The van der Waals surface area contributed by atoms with E-state index in [0.717, 1.165) is 6.07 Å². The first-order valence-corrected chi connectivity index (χ1v) is 9.40. The van der Waals surface area contributed by atoms with Crippen LogP contribution in [0.2, 0.25) is 0 Å². The molecule has 108 valence electrons. The molecule has 0 fully saturated rings. The van der Waals surface area contributed by atoms with Crippen molar-refractivity contribution in [3.63, 3.8) is 0 Å². The average Bonchev–Trinajstić information content (AvgIpc) is 2.27. The van der Waals surface area contributed by atoms with E-state index in [9.17, 15) is 17.0 Å². The Labute approximate surface area is 123 Å². The monoisotopic (exact) mass is 371 g/mol. The first-order valence-electron chi connectivity index (χ1n) is 5.51. The van der Waals surface area contributed by atoms with Gasteiger partial charge in [-0.3, -0.25) is 4.21 Å². The van der Waals surface area contributed by atoms with Crippen molar-refractivity contribution >= 4 is 36.8 Å². The van der Waals surface area contributed by atoms with Gasteiger partial charge in [0, 0.05) is 33.3 Å². The summed E-state index contributed by atoms with van der Waals surface area (Å²) >= 11 is 3.06. The van der Waals surface area contributed by atoms with E-state index in [1.807, 2.05) is 0 Å². The SMILES string of the molecule is CC(CCNS(=O)(=O)c1ccc(Br)cc1F)S(C)=O. The van der Waals surface area contributed by atoms with Gasteiger partial charge in [-0.25, -0.2) is 17.5 Å². The average molecular weight is 372 g/mol. The summed E-state index contributed by atoms with van der Waals surface area (Å²) in [6.07, 6.45) is 1.99. The molecule has 2 unspecified atom stereocenters. The summed E-state index contributed by atoms with van der Waals surface area (Å²) in [5.74, 6) is -0.811. The number of hydrogen-bond acceptors (Lipinski definition) is 3. The summed E-state index contributed by atoms with van der Waals surface area (Å²) < 4.78 is 51.2. The summed E-state index contributed by atoms with van der Waals surface area (Å²) in [6.45, 7) is 1.89. The zero-order valence-corrected chi connectivity index (χ0v) is 13.7. The molecule has 0 aliphatic heterocycles. The maximum Gasteiger partial charge on any atom is 0.243 e. The lowest BCUT2D eigenvalue weighted by molar-refractivity contribution is 0.554. The fourth-order valence-electron chi connectivity index (χ4n) is 1.33. The molecule has 19 heavy (non-hydrogen) atoms. The van der Waals surface area contributed by atoms with E-state index in [2.05, 4.69) is 20.7 Å². The minimum Gasteiger partial charge on any atom is -0.260 e. The third-order valence-electron chi connectivity index (χ3n) is 2.59. The highest BCUT2D eigenvalue weighted by atomic mass is 79.9. The van der Waals surface area contributed by atoms with E-state index in [1.54, 1.807) is 13.2 Å². The number of sulfonamides is 1. The van der Waals surface area contributed by atoms with Crippen LogP contribution in [0.1, 0.15) is 13.3 Å². The fourth-order valence-corrected chi connectivity index (χ4v) is 3.22. The molecule has 2 atom stereocenters. The summed E-state index contributed by atoms with van der Waals surface area (Å²) in [7, 11) is -4.88. The zero-order valence-electron chi connectivity index (χ0n) is 10.5. The summed E-state index contributed by atoms with van der Waals surface area (Å²) in [4.78, 5) is -0.388. The highest BCUT2D eigenvalue weighted by Crippen LogP contribution is 2.19. The fraction of sp³-hybridized carbons (Fsp3) is 0.455. The van der Waals surface area contributed by atoms with Crippen molar-refractivity contribution in [2.45, 2.75) is 23.5 Å². The van der Waals surface area contributed by atoms with Crippen LogP contribution in [0.4, 0.5) is 4.39 Å². The quantitative estimate of drug-likeness (QED) is 0.831. The molecule has 1 aromatic rings. The second-order valence-corrected chi connectivity index (χ2v) is 8.52. The predicted molar refractivity (Wildman–Crippen MR) is 77.4 cm³/mol. The third kappa shape index (κ3) is 4.94. The van der Waals surface area contributed by atoms with Crippen molar-refractivity contribution in [1.29, 1.82) is 0 Å². The number of rotatable bonds is 6. The largest absolute Gasteiger partial charge is 0.260 e. The normalized spacial score (nSPS) is 15.2. The van der Waals surface area contributed by atoms with Crippen molar-refractivity contribution in [3.8, 4) is 0 Å². The van der Waals surface area contributed by atoms with Crippen molar-refractivity contribution in [1.82, 2.24) is 4.72 Å². The third-order valence-corrected chi connectivity index (χ3v) is 5.95. The first kappa shape index (κ1) is 16.7. The minimum atomic E-state index is -3.87. The lowest BCUT2D eigenvalue weighted by Gasteiger charge is -2.10. The Bertz CT molecular complexity index is 577. The molecular weight excluding hydrogens is 357 g/mol. The second kappa shape index (κ2) is 6.92. The molecular formula is C11H15BrFNO3S2. The maximum atomic E-state index is 13.6. The van der Waals surface area contributed by atoms with Crippen molar-refractivity contribution < 1.29 is 17.0 Å². The van der Waals surface area contributed by atoms with Gasteiger partial charge in [0.05, 0.1) is 0 Å². The van der Waals surface area contributed by atoms with Crippen molar-refractivity contribution in [2.75, 3.05) is 12.8 Å².